The van der Waals surface area contributed by atoms with Crippen molar-refractivity contribution in [3.8, 4) is 17.1 Å². The number of nitrogens with one attached hydrogen (secondary N) is 1. The van der Waals surface area contributed by atoms with Crippen molar-refractivity contribution in [1.29, 1.82) is 0 Å². The summed E-state index contributed by atoms with van der Waals surface area (Å²) in [7, 11) is 3.62. The van der Waals surface area contributed by atoms with Crippen LogP contribution in [0.1, 0.15) is 0 Å². The van der Waals surface area contributed by atoms with Crippen LogP contribution in [0.2, 0.25) is 0 Å². The predicted molar refractivity (Wildman–Crippen MR) is 85.5 cm³/mol. The van der Waals surface area contributed by atoms with E-state index in [0.717, 1.165) is 54.9 Å². The summed E-state index contributed by atoms with van der Waals surface area (Å²) in [6.45, 7) is 4.37. The highest BCUT2D eigenvalue weighted by Gasteiger charge is 2.17. The molecule has 0 saturated carbocycles. The number of morpholine rings is 1. The number of rotatable bonds is 4. The summed E-state index contributed by atoms with van der Waals surface area (Å²) in [6.07, 6.45) is 0. The summed E-state index contributed by atoms with van der Waals surface area (Å²) in [6, 6.07) is 7.88. The Balaban J connectivity index is 1.89. The standard InChI is InChI=1S/C15H20N4O2S/c1-17-14(12-4-3-5-13(10-12)20-2)16-19(15(17)22)11-18-6-8-21-9-7-18/h3-5,10H,6-9,11H2,1-2H3/p+1. The van der Waals surface area contributed by atoms with E-state index < -0.39 is 0 Å². The number of quaternary nitrogens is 1. The van der Waals surface area contributed by atoms with E-state index >= 15 is 0 Å². The largest absolute Gasteiger partial charge is 0.497 e. The number of nitrogens with zero attached hydrogens (tertiary/aromatic N) is 3. The van der Waals surface area contributed by atoms with Crippen LogP contribution in [0.15, 0.2) is 24.3 Å². The van der Waals surface area contributed by atoms with Gasteiger partial charge in [0.2, 0.25) is 4.77 Å². The Hall–Kier alpha value is -1.70. The van der Waals surface area contributed by atoms with E-state index in [1.54, 1.807) is 7.11 Å². The highest BCUT2D eigenvalue weighted by atomic mass is 32.1. The Bertz CT molecular complexity index is 704. The summed E-state index contributed by atoms with van der Waals surface area (Å²) >= 11 is 5.53. The molecule has 0 amide bonds. The van der Waals surface area contributed by atoms with E-state index in [9.17, 15) is 0 Å². The second kappa shape index (κ2) is 6.60. The molecule has 0 radical (unpaired) electrons. The minimum atomic E-state index is 0.733. The van der Waals surface area contributed by atoms with Gasteiger partial charge in [-0.1, -0.05) is 12.1 Å². The van der Waals surface area contributed by atoms with Gasteiger partial charge in [0.05, 0.1) is 20.3 Å². The Morgan fingerprint density at radius 2 is 2.14 bits per heavy atom. The lowest BCUT2D eigenvalue weighted by molar-refractivity contribution is -0.930. The molecule has 7 heteroatoms. The summed E-state index contributed by atoms with van der Waals surface area (Å²) in [5.41, 5.74) is 1.00. The predicted octanol–water partition coefficient (Wildman–Crippen LogP) is 0.499. The van der Waals surface area contributed by atoms with Gasteiger partial charge < -0.3 is 18.9 Å². The minimum absolute atomic E-state index is 0.733. The third-order valence-corrected chi connectivity index (χ3v) is 4.43. The third kappa shape index (κ3) is 3.06. The van der Waals surface area contributed by atoms with Crippen molar-refractivity contribution in [1.82, 2.24) is 14.3 Å². The van der Waals surface area contributed by atoms with Crippen molar-refractivity contribution >= 4 is 12.2 Å². The van der Waals surface area contributed by atoms with Gasteiger partial charge >= 0.3 is 0 Å². The van der Waals surface area contributed by atoms with E-state index in [1.807, 2.05) is 40.6 Å². The second-order valence-electron chi connectivity index (χ2n) is 5.42. The maximum atomic E-state index is 5.53. The molecule has 0 spiro atoms. The van der Waals surface area contributed by atoms with E-state index in [0.29, 0.717) is 0 Å². The van der Waals surface area contributed by atoms with Crippen LogP contribution in [-0.2, 0) is 18.5 Å². The number of ether oxygens (including phenoxy) is 2. The Labute approximate surface area is 134 Å². The van der Waals surface area contributed by atoms with Crippen molar-refractivity contribution in [2.24, 2.45) is 7.05 Å². The van der Waals surface area contributed by atoms with Crippen molar-refractivity contribution in [3.05, 3.63) is 29.0 Å². The molecule has 118 valence electrons. The molecule has 22 heavy (non-hydrogen) atoms. The van der Waals surface area contributed by atoms with E-state index in [2.05, 4.69) is 0 Å². The van der Waals surface area contributed by atoms with Crippen LogP contribution in [0.4, 0.5) is 0 Å². The fourth-order valence-corrected chi connectivity index (χ4v) is 2.83. The number of benzene rings is 1. The molecule has 6 nitrogen and oxygen atoms in total. The molecular formula is C15H21N4O2S+. The van der Waals surface area contributed by atoms with E-state index in [4.69, 9.17) is 26.8 Å². The van der Waals surface area contributed by atoms with Gasteiger partial charge in [0.15, 0.2) is 12.5 Å². The molecule has 1 saturated heterocycles. The third-order valence-electron chi connectivity index (χ3n) is 3.94. The maximum Gasteiger partial charge on any atom is 0.202 e. The molecule has 0 atom stereocenters. The van der Waals surface area contributed by atoms with E-state index in [1.165, 1.54) is 4.90 Å². The van der Waals surface area contributed by atoms with Crippen LogP contribution < -0.4 is 9.64 Å². The van der Waals surface area contributed by atoms with Gasteiger partial charge in [0.1, 0.15) is 18.8 Å². The smallest absolute Gasteiger partial charge is 0.202 e. The van der Waals surface area contributed by atoms with Gasteiger partial charge in [0, 0.05) is 12.6 Å². The van der Waals surface area contributed by atoms with Crippen LogP contribution in [0.3, 0.4) is 0 Å². The zero-order valence-corrected chi connectivity index (χ0v) is 13.7. The molecule has 1 N–H and O–H groups in total. The zero-order chi connectivity index (χ0) is 15.5. The number of methoxy groups -OCH3 is 1. The molecule has 0 bridgehead atoms. The highest BCUT2D eigenvalue weighted by Crippen LogP contribution is 2.22. The SMILES string of the molecule is COc1cccc(-c2nn(C[NH+]3CCOCC3)c(=S)n2C)c1. The number of hydrogen-bond acceptors (Lipinski definition) is 4. The zero-order valence-electron chi connectivity index (χ0n) is 12.9. The van der Waals surface area contributed by atoms with Gasteiger partial charge in [-0.15, -0.1) is 5.10 Å². The highest BCUT2D eigenvalue weighted by molar-refractivity contribution is 7.71. The van der Waals surface area contributed by atoms with E-state index in [-0.39, 0.29) is 0 Å². The van der Waals surface area contributed by atoms with Crippen LogP contribution in [0.5, 0.6) is 5.75 Å². The van der Waals surface area contributed by atoms with Gasteiger partial charge in [-0.05, 0) is 24.4 Å². The molecule has 0 aliphatic carbocycles. The quantitative estimate of drug-likeness (QED) is 0.833. The Morgan fingerprint density at radius 1 is 1.36 bits per heavy atom. The average molecular weight is 321 g/mol. The van der Waals surface area contributed by atoms with Gasteiger partial charge in [-0.2, -0.15) is 4.68 Å². The van der Waals surface area contributed by atoms with Gasteiger partial charge in [-0.25, -0.2) is 0 Å². The summed E-state index contributed by atoms with van der Waals surface area (Å²) in [4.78, 5) is 1.44. The summed E-state index contributed by atoms with van der Waals surface area (Å²) in [5, 5.41) is 4.71. The molecule has 1 aliphatic heterocycles. The molecule has 1 fully saturated rings. The van der Waals surface area contributed by atoms with Crippen molar-refractivity contribution in [2.45, 2.75) is 6.67 Å². The van der Waals surface area contributed by atoms with Gasteiger partial charge in [0.25, 0.3) is 0 Å². The number of aromatic nitrogens is 3. The molecule has 1 aromatic heterocycles. The first-order chi connectivity index (χ1) is 10.7. The molecule has 2 heterocycles. The normalized spacial score (nSPS) is 15.9. The van der Waals surface area contributed by atoms with Crippen LogP contribution in [0.25, 0.3) is 11.4 Å². The lowest BCUT2D eigenvalue weighted by Crippen LogP contribution is -3.13. The van der Waals surface area contributed by atoms with Crippen molar-refractivity contribution in [3.63, 3.8) is 0 Å². The molecule has 1 aliphatic rings. The Morgan fingerprint density at radius 3 is 2.86 bits per heavy atom. The van der Waals surface area contributed by atoms with Crippen LogP contribution >= 0.6 is 12.2 Å². The lowest BCUT2D eigenvalue weighted by atomic mass is 10.2. The first kappa shape index (κ1) is 15.2. The fraction of sp³-hybridized carbons (Fsp3) is 0.467. The monoisotopic (exact) mass is 321 g/mol. The molecule has 0 unspecified atom stereocenters. The first-order valence-corrected chi connectivity index (χ1v) is 7.79. The molecule has 1 aromatic carbocycles. The summed E-state index contributed by atoms with van der Waals surface area (Å²) < 4.78 is 15.3. The second-order valence-corrected chi connectivity index (χ2v) is 5.78. The maximum absolute atomic E-state index is 5.53. The number of hydrogen-bond donors (Lipinski definition) is 1. The fourth-order valence-electron chi connectivity index (χ4n) is 2.63. The molecule has 2 aromatic rings. The Kier molecular flexibility index (Phi) is 4.56. The van der Waals surface area contributed by atoms with Crippen LogP contribution in [-0.4, -0.2) is 47.8 Å². The molecule has 3 rings (SSSR count). The van der Waals surface area contributed by atoms with Crippen LogP contribution in [0, 0.1) is 4.77 Å². The lowest BCUT2D eigenvalue weighted by Gasteiger charge is -2.23. The average Bonchev–Trinajstić information content (AvgIpc) is 2.84. The van der Waals surface area contributed by atoms with Gasteiger partial charge in [-0.3, -0.25) is 0 Å². The molecular weight excluding hydrogens is 300 g/mol. The summed E-state index contributed by atoms with van der Waals surface area (Å²) in [5.74, 6) is 1.67. The van der Waals surface area contributed by atoms with Crippen molar-refractivity contribution < 1.29 is 14.4 Å². The topological polar surface area (TPSA) is 45.6 Å². The van der Waals surface area contributed by atoms with Crippen molar-refractivity contribution in [2.75, 3.05) is 33.4 Å². The first-order valence-electron chi connectivity index (χ1n) is 7.38. The minimum Gasteiger partial charge on any atom is -0.497 e.